The van der Waals surface area contributed by atoms with Gasteiger partial charge in [-0.05, 0) is 11.5 Å². The van der Waals surface area contributed by atoms with E-state index in [9.17, 15) is 0 Å². The number of fused-ring (bicyclic) bond motifs is 1. The summed E-state index contributed by atoms with van der Waals surface area (Å²) in [6, 6.07) is 9.86. The fourth-order valence-corrected chi connectivity index (χ4v) is 1.22. The summed E-state index contributed by atoms with van der Waals surface area (Å²) in [5, 5.41) is 2.80. The molecular weight excluding hydrogens is 193 g/mol. The van der Waals surface area contributed by atoms with Gasteiger partial charge in [-0.25, -0.2) is 4.98 Å². The molecule has 0 atom stereocenters. The van der Waals surface area contributed by atoms with E-state index < -0.39 is 0 Å². The van der Waals surface area contributed by atoms with Crippen LogP contribution in [0.3, 0.4) is 0 Å². The Bertz CT molecular complexity index is 387. The van der Waals surface area contributed by atoms with Crippen molar-refractivity contribution in [2.24, 2.45) is 0 Å². The first-order valence-electron chi connectivity index (χ1n) is 3.36. The van der Waals surface area contributed by atoms with Crippen molar-refractivity contribution in [3.63, 3.8) is 0 Å². The molecule has 0 N–H and O–H groups in total. The maximum atomic E-state index is 5.71. The summed E-state index contributed by atoms with van der Waals surface area (Å²) in [6.07, 6.45) is 1.78. The average molecular weight is 200 g/mol. The average Bonchev–Trinajstić information content (AvgIpc) is 2.04. The molecule has 62 valence electrons. The van der Waals surface area contributed by atoms with Crippen LogP contribution in [0.25, 0.3) is 10.8 Å². The summed E-state index contributed by atoms with van der Waals surface area (Å²) in [6.45, 7) is 0. The molecule has 12 heavy (non-hydrogen) atoms. The Labute approximate surface area is 81.8 Å². The molecule has 0 aliphatic carbocycles. The number of benzene rings is 1. The van der Waals surface area contributed by atoms with Gasteiger partial charge in [-0.3, -0.25) is 0 Å². The van der Waals surface area contributed by atoms with E-state index in [4.69, 9.17) is 11.6 Å². The van der Waals surface area contributed by atoms with Crippen LogP contribution in [0.4, 0.5) is 0 Å². The lowest BCUT2D eigenvalue weighted by atomic mass is 10.2. The lowest BCUT2D eigenvalue weighted by Crippen LogP contribution is -1.75. The van der Waals surface area contributed by atoms with Crippen LogP contribution in [0, 0.1) is 0 Å². The van der Waals surface area contributed by atoms with Gasteiger partial charge in [-0.15, -0.1) is 12.4 Å². The van der Waals surface area contributed by atoms with Gasteiger partial charge in [0.25, 0.3) is 0 Å². The topological polar surface area (TPSA) is 12.9 Å². The van der Waals surface area contributed by atoms with E-state index in [-0.39, 0.29) is 12.4 Å². The van der Waals surface area contributed by atoms with Gasteiger partial charge in [0.2, 0.25) is 0 Å². The number of nitrogens with zero attached hydrogens (tertiary/aromatic N) is 1. The molecule has 0 aliphatic rings. The Balaban J connectivity index is 0.000000720. The summed E-state index contributed by atoms with van der Waals surface area (Å²) in [7, 11) is 0. The van der Waals surface area contributed by atoms with Crippen molar-refractivity contribution in [1.29, 1.82) is 0 Å². The zero-order valence-electron chi connectivity index (χ0n) is 6.20. The number of halogens is 2. The molecule has 0 saturated heterocycles. The van der Waals surface area contributed by atoms with E-state index >= 15 is 0 Å². The predicted octanol–water partition coefficient (Wildman–Crippen LogP) is 3.31. The number of aromatic nitrogens is 1. The van der Waals surface area contributed by atoms with Crippen molar-refractivity contribution in [3.05, 3.63) is 41.7 Å². The molecule has 1 aromatic heterocycles. The largest absolute Gasteiger partial charge is 0.244 e. The Morgan fingerprint density at radius 2 is 1.75 bits per heavy atom. The first-order valence-corrected chi connectivity index (χ1v) is 3.74. The zero-order valence-corrected chi connectivity index (χ0v) is 7.77. The first kappa shape index (κ1) is 9.30. The number of hydrogen-bond donors (Lipinski definition) is 0. The van der Waals surface area contributed by atoms with Gasteiger partial charge < -0.3 is 0 Å². The Kier molecular flexibility index (Phi) is 2.90. The van der Waals surface area contributed by atoms with Crippen molar-refractivity contribution in [2.45, 2.75) is 0 Å². The molecule has 0 fully saturated rings. The highest BCUT2D eigenvalue weighted by Gasteiger charge is 1.92. The van der Waals surface area contributed by atoms with Crippen LogP contribution in [0.1, 0.15) is 0 Å². The third-order valence-corrected chi connectivity index (χ3v) is 1.80. The quantitative estimate of drug-likeness (QED) is 0.594. The first-order chi connectivity index (χ1) is 5.36. The van der Waals surface area contributed by atoms with Gasteiger partial charge >= 0.3 is 0 Å². The lowest BCUT2D eigenvalue weighted by Gasteiger charge is -1.94. The molecule has 2 aromatic rings. The van der Waals surface area contributed by atoms with Crippen LogP contribution >= 0.6 is 24.0 Å². The van der Waals surface area contributed by atoms with Gasteiger partial charge in [-0.1, -0.05) is 35.9 Å². The van der Waals surface area contributed by atoms with Gasteiger partial charge in [0.1, 0.15) is 5.15 Å². The minimum Gasteiger partial charge on any atom is -0.244 e. The monoisotopic (exact) mass is 199 g/mol. The molecule has 1 aromatic carbocycles. The standard InChI is InChI=1S/C9H6ClN.ClH/c10-9-5-7-3-1-2-4-8(7)6-11-9;/h1-6H;1H. The Morgan fingerprint density at radius 1 is 1.08 bits per heavy atom. The third kappa shape index (κ3) is 1.68. The van der Waals surface area contributed by atoms with Crippen LogP contribution in [0.15, 0.2) is 36.5 Å². The maximum Gasteiger partial charge on any atom is 0.129 e. The van der Waals surface area contributed by atoms with Crippen LogP contribution < -0.4 is 0 Å². The molecule has 1 heterocycles. The molecule has 0 spiro atoms. The highest BCUT2D eigenvalue weighted by Crippen LogP contribution is 2.15. The highest BCUT2D eigenvalue weighted by molar-refractivity contribution is 6.30. The Hall–Kier alpha value is -0.790. The second-order valence-corrected chi connectivity index (χ2v) is 2.74. The van der Waals surface area contributed by atoms with E-state index in [1.807, 2.05) is 30.3 Å². The number of rotatable bonds is 0. The number of pyridine rings is 1. The summed E-state index contributed by atoms with van der Waals surface area (Å²) in [5.41, 5.74) is 0. The fraction of sp³-hybridized carbons (Fsp3) is 0. The zero-order chi connectivity index (χ0) is 7.68. The van der Waals surface area contributed by atoms with Crippen molar-refractivity contribution in [1.82, 2.24) is 4.98 Å². The van der Waals surface area contributed by atoms with Crippen LogP contribution in [0.5, 0.6) is 0 Å². The summed E-state index contributed by atoms with van der Waals surface area (Å²) >= 11 is 5.71. The van der Waals surface area contributed by atoms with Gasteiger partial charge in [0.05, 0.1) is 0 Å². The van der Waals surface area contributed by atoms with Crippen LogP contribution in [-0.4, -0.2) is 4.98 Å². The molecule has 1 nitrogen and oxygen atoms in total. The summed E-state index contributed by atoms with van der Waals surface area (Å²) in [4.78, 5) is 3.97. The highest BCUT2D eigenvalue weighted by atomic mass is 35.5. The SMILES string of the molecule is Cl.Clc1cc2ccccc2cn1. The molecule has 0 saturated carbocycles. The van der Waals surface area contributed by atoms with E-state index in [1.165, 1.54) is 0 Å². The lowest BCUT2D eigenvalue weighted by molar-refractivity contribution is 1.36. The summed E-state index contributed by atoms with van der Waals surface area (Å²) in [5.74, 6) is 0. The van der Waals surface area contributed by atoms with Crippen LogP contribution in [0.2, 0.25) is 5.15 Å². The fourth-order valence-electron chi connectivity index (χ4n) is 1.06. The normalized spacial score (nSPS) is 9.42. The smallest absolute Gasteiger partial charge is 0.129 e. The van der Waals surface area contributed by atoms with E-state index in [2.05, 4.69) is 4.98 Å². The third-order valence-electron chi connectivity index (χ3n) is 1.60. The minimum atomic E-state index is 0. The van der Waals surface area contributed by atoms with E-state index in [1.54, 1.807) is 6.20 Å². The molecule has 3 heteroatoms. The van der Waals surface area contributed by atoms with Crippen molar-refractivity contribution >= 4 is 34.8 Å². The van der Waals surface area contributed by atoms with Crippen LogP contribution in [-0.2, 0) is 0 Å². The van der Waals surface area contributed by atoms with Crippen molar-refractivity contribution in [2.75, 3.05) is 0 Å². The second kappa shape index (κ2) is 3.74. The molecular formula is C9H7Cl2N. The minimum absolute atomic E-state index is 0. The van der Waals surface area contributed by atoms with Gasteiger partial charge in [-0.2, -0.15) is 0 Å². The van der Waals surface area contributed by atoms with E-state index in [0.29, 0.717) is 5.15 Å². The molecule has 0 unspecified atom stereocenters. The predicted molar refractivity (Wildman–Crippen MR) is 54.0 cm³/mol. The molecule has 0 aliphatic heterocycles. The Morgan fingerprint density at radius 3 is 2.50 bits per heavy atom. The molecule has 0 amide bonds. The molecule has 0 bridgehead atoms. The van der Waals surface area contributed by atoms with E-state index in [0.717, 1.165) is 10.8 Å². The summed E-state index contributed by atoms with van der Waals surface area (Å²) < 4.78 is 0. The van der Waals surface area contributed by atoms with Crippen molar-refractivity contribution < 1.29 is 0 Å². The second-order valence-electron chi connectivity index (χ2n) is 2.35. The number of hydrogen-bond acceptors (Lipinski definition) is 1. The van der Waals surface area contributed by atoms with Gasteiger partial charge in [0, 0.05) is 11.6 Å². The van der Waals surface area contributed by atoms with Gasteiger partial charge in [0.15, 0.2) is 0 Å². The van der Waals surface area contributed by atoms with Crippen molar-refractivity contribution in [3.8, 4) is 0 Å². The molecule has 0 radical (unpaired) electrons. The molecule has 2 rings (SSSR count). The maximum absolute atomic E-state index is 5.71.